The molecule has 1 fully saturated rings. The van der Waals surface area contributed by atoms with E-state index in [9.17, 15) is 26.7 Å². The molecule has 2 aliphatic heterocycles. The first-order valence-electron chi connectivity index (χ1n) is 12.1. The van der Waals surface area contributed by atoms with Crippen LogP contribution in [0.1, 0.15) is 39.2 Å². The van der Waals surface area contributed by atoms with Crippen molar-refractivity contribution in [2.75, 3.05) is 28.8 Å². The van der Waals surface area contributed by atoms with Crippen molar-refractivity contribution in [1.82, 2.24) is 4.72 Å². The lowest BCUT2D eigenvalue weighted by Gasteiger charge is -2.45. The van der Waals surface area contributed by atoms with Crippen molar-refractivity contribution < 1.29 is 26.7 Å². The molecule has 0 bridgehead atoms. The molecule has 0 radical (unpaired) electrons. The number of carbonyl (C=O) groups excluding carboxylic acids is 1. The average molecular weight is 568 g/mol. The molecule has 1 aromatic carbocycles. The number of sulfonamides is 1. The van der Waals surface area contributed by atoms with Gasteiger partial charge in [0, 0.05) is 23.9 Å². The molecule has 4 rings (SSSR count). The quantitative estimate of drug-likeness (QED) is 0.435. The maximum absolute atomic E-state index is 13.9. The van der Waals surface area contributed by atoms with Crippen molar-refractivity contribution in [2.45, 2.75) is 51.2 Å². The number of hydrogen-bond acceptors (Lipinski definition) is 9. The fraction of sp³-hybridized carbons (Fsp3) is 0.480. The minimum Gasteiger partial charge on any atom is -0.369 e. The number of para-hydroxylation sites is 1. The lowest BCUT2D eigenvalue weighted by atomic mass is 9.73. The van der Waals surface area contributed by atoms with Gasteiger partial charge in [0.2, 0.25) is 0 Å². The van der Waals surface area contributed by atoms with E-state index in [0.29, 0.717) is 17.9 Å². The minimum absolute atomic E-state index is 0.0225. The SMILES string of the molecule is CC(C)CCC1(C)CN(c2ccccc2)C(O)C(=C2Nc3scc(CCS(C)(=O)=O)c3S(=O)(=O)N2)C1=O. The smallest absolute Gasteiger partial charge is 0.266 e. The van der Waals surface area contributed by atoms with Crippen LogP contribution in [0.15, 0.2) is 52.0 Å². The van der Waals surface area contributed by atoms with E-state index in [1.165, 1.54) is 0 Å². The summed E-state index contributed by atoms with van der Waals surface area (Å²) >= 11 is 1.12. The number of carbonyl (C=O) groups is 1. The van der Waals surface area contributed by atoms with Gasteiger partial charge in [-0.15, -0.1) is 11.3 Å². The number of aryl methyl sites for hydroxylation is 1. The standard InChI is InChI=1S/C25H33N3O6S3/c1-16(2)10-12-25(3)15-28(18-8-6-5-7-9-18)24(30)19(21(25)29)22-26-23-20(37(33,34)27-22)17(14-35-23)11-13-36(4,31)32/h5-9,14,16,24,26-27,30H,10-13,15H2,1-4H3. The summed E-state index contributed by atoms with van der Waals surface area (Å²) in [5.74, 6) is -0.201. The summed E-state index contributed by atoms with van der Waals surface area (Å²) in [6, 6.07) is 9.23. The molecule has 2 aromatic rings. The predicted octanol–water partition coefficient (Wildman–Crippen LogP) is 3.10. The van der Waals surface area contributed by atoms with Crippen molar-refractivity contribution in [3.63, 3.8) is 0 Å². The van der Waals surface area contributed by atoms with Gasteiger partial charge >= 0.3 is 0 Å². The molecule has 1 saturated heterocycles. The summed E-state index contributed by atoms with van der Waals surface area (Å²) in [7, 11) is -7.41. The van der Waals surface area contributed by atoms with E-state index >= 15 is 0 Å². The van der Waals surface area contributed by atoms with E-state index in [0.717, 1.165) is 29.7 Å². The number of benzene rings is 1. The van der Waals surface area contributed by atoms with Crippen LogP contribution in [0.5, 0.6) is 0 Å². The van der Waals surface area contributed by atoms with E-state index in [2.05, 4.69) is 23.9 Å². The van der Waals surface area contributed by atoms with Crippen molar-refractivity contribution in [1.29, 1.82) is 0 Å². The first-order valence-corrected chi connectivity index (χ1v) is 16.5. The summed E-state index contributed by atoms with van der Waals surface area (Å²) in [5.41, 5.74) is 0.208. The molecule has 0 saturated carbocycles. The molecule has 9 nitrogen and oxygen atoms in total. The van der Waals surface area contributed by atoms with Gasteiger partial charge < -0.3 is 15.3 Å². The van der Waals surface area contributed by atoms with Gasteiger partial charge in [0.1, 0.15) is 25.6 Å². The largest absolute Gasteiger partial charge is 0.369 e. The van der Waals surface area contributed by atoms with Crippen LogP contribution in [0.2, 0.25) is 0 Å². The Hall–Kier alpha value is -2.41. The summed E-state index contributed by atoms with van der Waals surface area (Å²) in [6.45, 7) is 6.30. The first kappa shape index (κ1) is 27.6. The molecule has 2 aliphatic rings. The highest BCUT2D eigenvalue weighted by atomic mass is 32.2. The van der Waals surface area contributed by atoms with Gasteiger partial charge in [-0.3, -0.25) is 9.52 Å². The Bertz CT molecular complexity index is 1430. The van der Waals surface area contributed by atoms with Crippen LogP contribution in [0.25, 0.3) is 0 Å². The lowest BCUT2D eigenvalue weighted by Crippen LogP contribution is -2.56. The highest BCUT2D eigenvalue weighted by molar-refractivity contribution is 7.90. The topological polar surface area (TPSA) is 133 Å². The summed E-state index contributed by atoms with van der Waals surface area (Å²) in [4.78, 5) is 15.6. The number of rotatable bonds is 7. The number of nitrogens with one attached hydrogen (secondary N) is 2. The van der Waals surface area contributed by atoms with Crippen LogP contribution in [0, 0.1) is 11.3 Å². The molecule has 0 aliphatic carbocycles. The number of anilines is 2. The highest BCUT2D eigenvalue weighted by Gasteiger charge is 2.48. The second-order valence-electron chi connectivity index (χ2n) is 10.5. The van der Waals surface area contributed by atoms with E-state index in [1.807, 2.05) is 37.3 Å². The van der Waals surface area contributed by atoms with E-state index in [1.54, 1.807) is 10.3 Å². The molecule has 0 amide bonds. The zero-order valence-electron chi connectivity index (χ0n) is 21.3. The lowest BCUT2D eigenvalue weighted by molar-refractivity contribution is -0.127. The van der Waals surface area contributed by atoms with Crippen LogP contribution >= 0.6 is 11.3 Å². The zero-order valence-corrected chi connectivity index (χ0v) is 23.8. The highest BCUT2D eigenvalue weighted by Crippen LogP contribution is 2.42. The fourth-order valence-corrected chi connectivity index (χ4v) is 8.07. The number of ketones is 1. The van der Waals surface area contributed by atoms with E-state index in [4.69, 9.17) is 0 Å². The van der Waals surface area contributed by atoms with E-state index in [-0.39, 0.29) is 45.8 Å². The van der Waals surface area contributed by atoms with Crippen LogP contribution in [-0.2, 0) is 31.1 Å². The second-order valence-corrected chi connectivity index (χ2v) is 15.2. The Labute approximate surface area is 222 Å². The third-order valence-electron chi connectivity index (χ3n) is 6.80. The van der Waals surface area contributed by atoms with Crippen molar-refractivity contribution in [2.24, 2.45) is 11.3 Å². The molecule has 0 spiro atoms. The molecule has 3 N–H and O–H groups in total. The summed E-state index contributed by atoms with van der Waals surface area (Å²) < 4.78 is 52.4. The number of piperidine rings is 1. The van der Waals surface area contributed by atoms with Crippen LogP contribution < -0.4 is 14.9 Å². The van der Waals surface area contributed by atoms with Gasteiger partial charge in [0.15, 0.2) is 12.0 Å². The van der Waals surface area contributed by atoms with Crippen LogP contribution in [-0.4, -0.2) is 52.5 Å². The molecule has 37 heavy (non-hydrogen) atoms. The monoisotopic (exact) mass is 567 g/mol. The number of hydrogen-bond donors (Lipinski definition) is 3. The number of aliphatic hydroxyl groups is 1. The normalized spacial score (nSPS) is 25.5. The Morgan fingerprint density at radius 2 is 1.92 bits per heavy atom. The second kappa shape index (κ2) is 10.0. The van der Waals surface area contributed by atoms with E-state index < -0.39 is 31.5 Å². The van der Waals surface area contributed by atoms with Crippen molar-refractivity contribution in [3.05, 3.63) is 52.7 Å². The van der Waals surface area contributed by atoms with Gasteiger partial charge in [-0.2, -0.15) is 0 Å². The molecule has 2 atom stereocenters. The molecule has 2 unspecified atom stereocenters. The molecule has 202 valence electrons. The van der Waals surface area contributed by atoms with Crippen molar-refractivity contribution in [3.8, 4) is 0 Å². The van der Waals surface area contributed by atoms with Crippen molar-refractivity contribution >= 4 is 47.7 Å². The molecule has 1 aromatic heterocycles. The summed E-state index contributed by atoms with van der Waals surface area (Å²) in [5, 5.41) is 16.3. The number of nitrogens with zero attached hydrogens (tertiary/aromatic N) is 1. The maximum atomic E-state index is 13.9. The Morgan fingerprint density at radius 1 is 1.24 bits per heavy atom. The number of thiophene rings is 1. The Kier molecular flexibility index (Phi) is 7.50. The number of fused-ring (bicyclic) bond motifs is 1. The maximum Gasteiger partial charge on any atom is 0.266 e. The number of sulfone groups is 1. The Balaban J connectivity index is 1.79. The molecular formula is C25H33N3O6S3. The van der Waals surface area contributed by atoms with Gasteiger partial charge in [0.25, 0.3) is 10.0 Å². The third kappa shape index (κ3) is 5.71. The fourth-order valence-electron chi connectivity index (χ4n) is 4.71. The molecule has 3 heterocycles. The van der Waals surface area contributed by atoms with Gasteiger partial charge in [-0.1, -0.05) is 39.0 Å². The number of Topliss-reactive ketones (excluding diaryl/α,β-unsaturated/α-hetero) is 1. The van der Waals surface area contributed by atoms with Gasteiger partial charge in [0.05, 0.1) is 11.3 Å². The molecule has 12 heteroatoms. The minimum atomic E-state index is -4.12. The summed E-state index contributed by atoms with van der Waals surface area (Å²) in [6.07, 6.45) is 1.14. The number of aliphatic hydroxyl groups excluding tert-OH is 1. The first-order chi connectivity index (χ1) is 17.2. The average Bonchev–Trinajstić information content (AvgIpc) is 3.23. The predicted molar refractivity (Wildman–Crippen MR) is 146 cm³/mol. The van der Waals surface area contributed by atoms with Crippen LogP contribution in [0.4, 0.5) is 10.7 Å². The van der Waals surface area contributed by atoms with Crippen LogP contribution in [0.3, 0.4) is 0 Å². The van der Waals surface area contributed by atoms with Gasteiger partial charge in [-0.05, 0) is 48.3 Å². The Morgan fingerprint density at radius 3 is 2.54 bits per heavy atom. The zero-order chi connectivity index (χ0) is 27.2. The third-order valence-corrected chi connectivity index (χ3v) is 10.3. The molecular weight excluding hydrogens is 534 g/mol. The van der Waals surface area contributed by atoms with Gasteiger partial charge in [-0.25, -0.2) is 16.8 Å².